The molecule has 1 aliphatic heterocycles. The van der Waals surface area contributed by atoms with Gasteiger partial charge in [-0.3, -0.25) is 14.6 Å². The topological polar surface area (TPSA) is 59.1 Å². The second-order valence-electron chi connectivity index (χ2n) is 7.71. The van der Waals surface area contributed by atoms with E-state index < -0.39 is 5.60 Å². The Labute approximate surface area is 156 Å². The maximum absolute atomic E-state index is 12.5. The largest absolute Gasteiger partial charge is 0.460 e. The zero-order chi connectivity index (χ0) is 19.2. The molecular formula is C20H30N2O4. The SMILES string of the molecule is CN(CC(=O)OCc1ccccc1)C1CCCCN1C(=O)OC(C)(C)C. The second-order valence-corrected chi connectivity index (χ2v) is 7.71. The fraction of sp³-hybridized carbons (Fsp3) is 0.600. The van der Waals surface area contributed by atoms with E-state index in [9.17, 15) is 9.59 Å². The van der Waals surface area contributed by atoms with Crippen LogP contribution in [0.1, 0.15) is 45.6 Å². The van der Waals surface area contributed by atoms with E-state index in [-0.39, 0.29) is 31.4 Å². The molecule has 1 amide bonds. The lowest BCUT2D eigenvalue weighted by atomic mass is 10.1. The highest BCUT2D eigenvalue weighted by molar-refractivity contribution is 5.72. The molecule has 1 fully saturated rings. The predicted octanol–water partition coefficient (Wildman–Crippen LogP) is 3.41. The molecule has 1 heterocycles. The summed E-state index contributed by atoms with van der Waals surface area (Å²) in [6, 6.07) is 9.59. The van der Waals surface area contributed by atoms with Crippen LogP contribution >= 0.6 is 0 Å². The molecule has 0 aromatic heterocycles. The number of ether oxygens (including phenoxy) is 2. The third-order valence-electron chi connectivity index (χ3n) is 4.23. The van der Waals surface area contributed by atoms with Crippen molar-refractivity contribution in [3.8, 4) is 0 Å². The summed E-state index contributed by atoms with van der Waals surface area (Å²) in [6.07, 6.45) is 2.31. The number of amides is 1. The number of benzene rings is 1. The Morgan fingerprint density at radius 2 is 1.88 bits per heavy atom. The number of esters is 1. The Balaban J connectivity index is 1.89. The molecule has 144 valence electrons. The van der Waals surface area contributed by atoms with Crippen molar-refractivity contribution in [2.45, 2.75) is 58.4 Å². The van der Waals surface area contributed by atoms with Crippen LogP contribution in [0.4, 0.5) is 4.79 Å². The molecule has 0 spiro atoms. The summed E-state index contributed by atoms with van der Waals surface area (Å²) in [7, 11) is 1.84. The van der Waals surface area contributed by atoms with E-state index in [0.29, 0.717) is 6.54 Å². The molecule has 26 heavy (non-hydrogen) atoms. The molecule has 0 aliphatic carbocycles. The van der Waals surface area contributed by atoms with Crippen LogP contribution in [0.5, 0.6) is 0 Å². The van der Waals surface area contributed by atoms with Gasteiger partial charge in [0.2, 0.25) is 0 Å². The zero-order valence-electron chi connectivity index (χ0n) is 16.2. The molecule has 6 nitrogen and oxygen atoms in total. The molecule has 0 bridgehead atoms. The van der Waals surface area contributed by atoms with Gasteiger partial charge in [-0.2, -0.15) is 0 Å². The molecule has 6 heteroatoms. The first-order chi connectivity index (χ1) is 12.3. The highest BCUT2D eigenvalue weighted by atomic mass is 16.6. The Kier molecular flexibility index (Phi) is 7.03. The molecule has 1 aromatic rings. The van der Waals surface area contributed by atoms with Gasteiger partial charge in [0.1, 0.15) is 12.2 Å². The summed E-state index contributed by atoms with van der Waals surface area (Å²) in [6.45, 7) is 6.60. The van der Waals surface area contributed by atoms with Crippen molar-refractivity contribution in [2.75, 3.05) is 20.1 Å². The molecule has 0 saturated carbocycles. The molecule has 1 atom stereocenters. The van der Waals surface area contributed by atoms with Crippen LogP contribution in [0, 0.1) is 0 Å². The van der Waals surface area contributed by atoms with Gasteiger partial charge >= 0.3 is 12.1 Å². The maximum Gasteiger partial charge on any atom is 0.411 e. The van der Waals surface area contributed by atoms with Crippen LogP contribution in [0.2, 0.25) is 0 Å². The molecular weight excluding hydrogens is 332 g/mol. The van der Waals surface area contributed by atoms with E-state index in [4.69, 9.17) is 9.47 Å². The quantitative estimate of drug-likeness (QED) is 0.751. The number of rotatable bonds is 5. The number of hydrogen-bond acceptors (Lipinski definition) is 5. The highest BCUT2D eigenvalue weighted by Gasteiger charge is 2.33. The molecule has 0 N–H and O–H groups in total. The standard InChI is InChI=1S/C20H30N2O4/c1-20(2,3)26-19(24)22-13-9-8-12-17(22)21(4)14-18(23)25-15-16-10-6-5-7-11-16/h5-7,10-11,17H,8-9,12-15H2,1-4H3. The molecule has 1 aromatic carbocycles. The van der Waals surface area contributed by atoms with Gasteiger partial charge in [0.25, 0.3) is 0 Å². The molecule has 2 rings (SSSR count). The Morgan fingerprint density at radius 3 is 2.54 bits per heavy atom. The minimum Gasteiger partial charge on any atom is -0.460 e. The number of carbonyl (C=O) groups excluding carboxylic acids is 2. The van der Waals surface area contributed by atoms with Crippen molar-refractivity contribution >= 4 is 12.1 Å². The molecule has 0 radical (unpaired) electrons. The summed E-state index contributed by atoms with van der Waals surface area (Å²) in [5, 5.41) is 0. The van der Waals surface area contributed by atoms with Crippen LogP contribution in [0.15, 0.2) is 30.3 Å². The zero-order valence-corrected chi connectivity index (χ0v) is 16.2. The molecule has 1 unspecified atom stereocenters. The van der Waals surface area contributed by atoms with Gasteiger partial charge in [0.05, 0.1) is 12.7 Å². The van der Waals surface area contributed by atoms with Gasteiger partial charge in [-0.05, 0) is 52.6 Å². The lowest BCUT2D eigenvalue weighted by Gasteiger charge is -2.40. The minimum atomic E-state index is -0.535. The number of carbonyl (C=O) groups is 2. The van der Waals surface area contributed by atoms with Gasteiger partial charge in [0, 0.05) is 6.54 Å². The van der Waals surface area contributed by atoms with E-state index >= 15 is 0 Å². The van der Waals surface area contributed by atoms with Crippen LogP contribution in [-0.4, -0.2) is 53.8 Å². The van der Waals surface area contributed by atoms with Gasteiger partial charge in [0.15, 0.2) is 0 Å². The fourth-order valence-corrected chi connectivity index (χ4v) is 3.00. The lowest BCUT2D eigenvalue weighted by Crippen LogP contribution is -2.54. The summed E-state index contributed by atoms with van der Waals surface area (Å²) in [4.78, 5) is 28.3. The summed E-state index contributed by atoms with van der Waals surface area (Å²) >= 11 is 0. The van der Waals surface area contributed by atoms with Crippen molar-refractivity contribution in [3.63, 3.8) is 0 Å². The first-order valence-corrected chi connectivity index (χ1v) is 9.16. The van der Waals surface area contributed by atoms with E-state index in [2.05, 4.69) is 0 Å². The average molecular weight is 362 g/mol. The molecule has 1 saturated heterocycles. The maximum atomic E-state index is 12.5. The lowest BCUT2D eigenvalue weighted by molar-refractivity contribution is -0.147. The van der Waals surface area contributed by atoms with Gasteiger partial charge in [-0.1, -0.05) is 30.3 Å². The number of likely N-dealkylation sites (N-methyl/N-ethyl adjacent to an activating group) is 1. The van der Waals surface area contributed by atoms with Crippen molar-refractivity contribution in [1.29, 1.82) is 0 Å². The van der Waals surface area contributed by atoms with Gasteiger partial charge in [-0.25, -0.2) is 4.79 Å². The van der Waals surface area contributed by atoms with Gasteiger partial charge < -0.3 is 9.47 Å². The molecule has 1 aliphatic rings. The van der Waals surface area contributed by atoms with Crippen LogP contribution in [0.3, 0.4) is 0 Å². The van der Waals surface area contributed by atoms with Crippen LogP contribution < -0.4 is 0 Å². The Morgan fingerprint density at radius 1 is 1.19 bits per heavy atom. The summed E-state index contributed by atoms with van der Waals surface area (Å²) < 4.78 is 10.9. The monoisotopic (exact) mass is 362 g/mol. The van der Waals surface area contributed by atoms with E-state index in [1.54, 1.807) is 4.90 Å². The first kappa shape index (κ1) is 20.2. The number of nitrogens with zero attached hydrogens (tertiary/aromatic N) is 2. The summed E-state index contributed by atoms with van der Waals surface area (Å²) in [5.74, 6) is -0.300. The number of piperidine rings is 1. The Bertz CT molecular complexity index is 598. The van der Waals surface area contributed by atoms with Crippen molar-refractivity contribution in [3.05, 3.63) is 35.9 Å². The van der Waals surface area contributed by atoms with E-state index in [0.717, 1.165) is 24.8 Å². The summed E-state index contributed by atoms with van der Waals surface area (Å²) in [5.41, 5.74) is 0.420. The first-order valence-electron chi connectivity index (χ1n) is 9.16. The number of hydrogen-bond donors (Lipinski definition) is 0. The smallest absolute Gasteiger partial charge is 0.411 e. The fourth-order valence-electron chi connectivity index (χ4n) is 3.00. The second kappa shape index (κ2) is 9.03. The van der Waals surface area contributed by atoms with Crippen molar-refractivity contribution < 1.29 is 19.1 Å². The third-order valence-corrected chi connectivity index (χ3v) is 4.23. The van der Waals surface area contributed by atoms with Crippen LogP contribution in [-0.2, 0) is 20.9 Å². The predicted molar refractivity (Wildman–Crippen MR) is 99.4 cm³/mol. The van der Waals surface area contributed by atoms with E-state index in [1.165, 1.54) is 0 Å². The van der Waals surface area contributed by atoms with Gasteiger partial charge in [-0.15, -0.1) is 0 Å². The normalized spacial score (nSPS) is 17.9. The van der Waals surface area contributed by atoms with E-state index in [1.807, 2.05) is 63.1 Å². The van der Waals surface area contributed by atoms with Crippen LogP contribution in [0.25, 0.3) is 0 Å². The van der Waals surface area contributed by atoms with Crippen molar-refractivity contribution in [1.82, 2.24) is 9.80 Å². The average Bonchev–Trinajstić information content (AvgIpc) is 2.59. The Hall–Kier alpha value is -2.08. The number of likely N-dealkylation sites (tertiary alicyclic amines) is 1. The van der Waals surface area contributed by atoms with Crippen molar-refractivity contribution in [2.24, 2.45) is 0 Å². The highest BCUT2D eigenvalue weighted by Crippen LogP contribution is 2.22. The third kappa shape index (κ3) is 6.33. The minimum absolute atomic E-state index is 0.136.